The number of rotatable bonds is 9. The average Bonchev–Trinajstić information content (AvgIpc) is 3.03. The van der Waals surface area contributed by atoms with Crippen LogP contribution in [0.2, 0.25) is 0 Å². The molecule has 2 aromatic carbocycles. The summed E-state index contributed by atoms with van der Waals surface area (Å²) in [6, 6.07) is 13.1. The van der Waals surface area contributed by atoms with Gasteiger partial charge in [0.15, 0.2) is 5.78 Å². The van der Waals surface area contributed by atoms with Crippen molar-refractivity contribution in [2.24, 2.45) is 5.16 Å². The topological polar surface area (TPSA) is 88.0 Å². The van der Waals surface area contributed by atoms with Crippen LogP contribution in [0.5, 0.6) is 5.75 Å². The van der Waals surface area contributed by atoms with Gasteiger partial charge in [0.2, 0.25) is 6.41 Å². The number of allylic oxidation sites excluding steroid dienone is 1. The molecule has 0 unspecified atom stereocenters. The van der Waals surface area contributed by atoms with Gasteiger partial charge in [0, 0.05) is 17.5 Å². The number of hydrogen-bond acceptors (Lipinski definition) is 5. The molecule has 0 saturated heterocycles. The van der Waals surface area contributed by atoms with Gasteiger partial charge in [-0.3, -0.25) is 9.59 Å². The molecule has 2 N–H and O–H groups in total. The van der Waals surface area contributed by atoms with Crippen LogP contribution < -0.4 is 10.1 Å². The van der Waals surface area contributed by atoms with Crippen molar-refractivity contribution in [1.82, 2.24) is 5.32 Å². The Morgan fingerprint density at radius 3 is 2.64 bits per heavy atom. The summed E-state index contributed by atoms with van der Waals surface area (Å²) in [6.45, 7) is 2.04. The average molecular weight is 378 g/mol. The van der Waals surface area contributed by atoms with Crippen LogP contribution in [-0.2, 0) is 9.59 Å². The lowest BCUT2D eigenvalue weighted by Crippen LogP contribution is -2.32. The number of benzene rings is 2. The van der Waals surface area contributed by atoms with Crippen molar-refractivity contribution in [2.45, 2.75) is 25.8 Å². The number of fused-ring (bicyclic) bond motifs is 3. The number of carbonyl (C=O) groups is 2. The van der Waals surface area contributed by atoms with Crippen LogP contribution in [0.15, 0.2) is 59.8 Å². The second kappa shape index (κ2) is 8.99. The summed E-state index contributed by atoms with van der Waals surface area (Å²) in [4.78, 5) is 22.1. The van der Waals surface area contributed by atoms with Crippen LogP contribution in [-0.4, -0.2) is 35.8 Å². The Hall–Kier alpha value is -3.41. The molecule has 144 valence electrons. The molecule has 1 aliphatic carbocycles. The van der Waals surface area contributed by atoms with Gasteiger partial charge in [-0.25, -0.2) is 0 Å². The lowest BCUT2D eigenvalue weighted by Gasteiger charge is -2.07. The van der Waals surface area contributed by atoms with Gasteiger partial charge in [-0.1, -0.05) is 41.6 Å². The van der Waals surface area contributed by atoms with E-state index in [0.717, 1.165) is 22.3 Å². The smallest absolute Gasteiger partial charge is 0.207 e. The summed E-state index contributed by atoms with van der Waals surface area (Å²) in [5.41, 5.74) is 4.35. The minimum absolute atomic E-state index is 0.00771. The molecule has 0 bridgehead atoms. The van der Waals surface area contributed by atoms with Crippen LogP contribution in [0.1, 0.15) is 30.9 Å². The van der Waals surface area contributed by atoms with E-state index in [1.54, 1.807) is 6.92 Å². The fraction of sp³-hybridized carbons (Fsp3) is 0.227. The predicted molar refractivity (Wildman–Crippen MR) is 107 cm³/mol. The number of ether oxygens (including phenoxy) is 1. The third-order valence-electron chi connectivity index (χ3n) is 4.69. The highest BCUT2D eigenvalue weighted by atomic mass is 16.5. The first-order chi connectivity index (χ1) is 13.7. The van der Waals surface area contributed by atoms with Gasteiger partial charge in [0.25, 0.3) is 0 Å². The lowest BCUT2D eigenvalue weighted by atomic mass is 10.1. The van der Waals surface area contributed by atoms with Crippen molar-refractivity contribution >= 4 is 17.9 Å². The summed E-state index contributed by atoms with van der Waals surface area (Å²) in [5, 5.41) is 15.3. The maximum absolute atomic E-state index is 11.7. The lowest BCUT2D eigenvalue weighted by molar-refractivity contribution is -0.123. The Bertz CT molecular complexity index is 934. The molecule has 1 atom stereocenters. The molecule has 2 aromatic rings. The third kappa shape index (κ3) is 4.11. The maximum atomic E-state index is 11.7. The van der Waals surface area contributed by atoms with E-state index < -0.39 is 6.04 Å². The van der Waals surface area contributed by atoms with Crippen LogP contribution in [0.4, 0.5) is 0 Å². The number of ketones is 1. The SMILES string of the molecule is C[C@@H](NC=O)C(=O)CC/C=C/COc1ccc2c(c1)/C(=N\O)c1ccccc1-2. The molecule has 0 aromatic heterocycles. The minimum atomic E-state index is -0.458. The fourth-order valence-corrected chi connectivity index (χ4v) is 3.19. The van der Waals surface area contributed by atoms with E-state index in [2.05, 4.69) is 10.5 Å². The van der Waals surface area contributed by atoms with Crippen LogP contribution in [0.25, 0.3) is 11.1 Å². The monoisotopic (exact) mass is 378 g/mol. The van der Waals surface area contributed by atoms with Crippen LogP contribution in [0.3, 0.4) is 0 Å². The number of nitrogens with zero attached hydrogens (tertiary/aromatic N) is 1. The fourth-order valence-electron chi connectivity index (χ4n) is 3.19. The molecular formula is C22H22N2O4. The van der Waals surface area contributed by atoms with Crippen LogP contribution >= 0.6 is 0 Å². The Morgan fingerprint density at radius 2 is 1.89 bits per heavy atom. The minimum Gasteiger partial charge on any atom is -0.490 e. The van der Waals surface area contributed by atoms with Crippen molar-refractivity contribution < 1.29 is 19.5 Å². The summed E-state index contributed by atoms with van der Waals surface area (Å²) in [7, 11) is 0. The van der Waals surface area contributed by atoms with E-state index in [1.807, 2.05) is 54.6 Å². The molecule has 0 heterocycles. The molecule has 1 aliphatic rings. The van der Waals surface area contributed by atoms with E-state index in [-0.39, 0.29) is 5.78 Å². The summed E-state index contributed by atoms with van der Waals surface area (Å²) in [5.74, 6) is 0.670. The molecule has 0 saturated carbocycles. The zero-order valence-corrected chi connectivity index (χ0v) is 15.6. The predicted octanol–water partition coefficient (Wildman–Crippen LogP) is 3.31. The first-order valence-corrected chi connectivity index (χ1v) is 9.12. The van der Waals surface area contributed by atoms with Gasteiger partial charge < -0.3 is 15.3 Å². The molecule has 0 radical (unpaired) electrons. The number of amides is 1. The van der Waals surface area contributed by atoms with Gasteiger partial charge in [-0.2, -0.15) is 0 Å². The number of oxime groups is 1. The molecule has 0 aliphatic heterocycles. The number of nitrogens with one attached hydrogen (secondary N) is 1. The van der Waals surface area contributed by atoms with E-state index in [9.17, 15) is 14.8 Å². The number of hydrogen-bond donors (Lipinski definition) is 2. The maximum Gasteiger partial charge on any atom is 0.207 e. The highest BCUT2D eigenvalue weighted by Crippen LogP contribution is 2.38. The van der Waals surface area contributed by atoms with E-state index in [4.69, 9.17) is 4.74 Å². The van der Waals surface area contributed by atoms with Gasteiger partial charge in [0.05, 0.1) is 6.04 Å². The van der Waals surface area contributed by atoms with Crippen LogP contribution in [0, 0.1) is 0 Å². The van der Waals surface area contributed by atoms with Crippen molar-refractivity contribution in [3.8, 4) is 16.9 Å². The zero-order valence-electron chi connectivity index (χ0n) is 15.6. The van der Waals surface area contributed by atoms with Crippen molar-refractivity contribution in [3.05, 3.63) is 65.7 Å². The largest absolute Gasteiger partial charge is 0.490 e. The summed E-state index contributed by atoms with van der Waals surface area (Å²) in [6.07, 6.45) is 5.23. The molecule has 6 nitrogen and oxygen atoms in total. The van der Waals surface area contributed by atoms with Gasteiger partial charge in [-0.05, 0) is 42.7 Å². The normalized spacial score (nSPS) is 14.5. The first kappa shape index (κ1) is 19.4. The first-order valence-electron chi connectivity index (χ1n) is 9.12. The summed E-state index contributed by atoms with van der Waals surface area (Å²) < 4.78 is 5.75. The van der Waals surface area contributed by atoms with Gasteiger partial charge >= 0.3 is 0 Å². The number of carbonyl (C=O) groups excluding carboxylic acids is 2. The van der Waals surface area contributed by atoms with E-state index >= 15 is 0 Å². The Kier molecular flexibility index (Phi) is 6.22. The number of Topliss-reactive ketones (excluding diaryl/α,β-unsaturated/α-hetero) is 1. The molecule has 28 heavy (non-hydrogen) atoms. The highest BCUT2D eigenvalue weighted by Gasteiger charge is 2.25. The Balaban J connectivity index is 1.55. The summed E-state index contributed by atoms with van der Waals surface area (Å²) >= 11 is 0. The van der Waals surface area contributed by atoms with Crippen molar-refractivity contribution in [2.75, 3.05) is 6.61 Å². The van der Waals surface area contributed by atoms with E-state index in [0.29, 0.717) is 37.3 Å². The Morgan fingerprint density at radius 1 is 1.14 bits per heavy atom. The zero-order chi connectivity index (χ0) is 19.9. The molecule has 6 heteroatoms. The molecule has 1 amide bonds. The molecule has 0 spiro atoms. The standard InChI is InChI=1S/C22H22N2O4/c1-15(23-14-25)21(26)9-3-2-6-12-28-16-10-11-18-17-7-4-5-8-19(17)22(24-27)20(18)13-16/h2,4-8,10-11,13-15,27H,3,9,12H2,1H3,(H,23,25)/b6-2+,24-22-/t15-/m1/s1. The van der Waals surface area contributed by atoms with Gasteiger partial charge in [-0.15, -0.1) is 0 Å². The Labute approximate surface area is 163 Å². The van der Waals surface area contributed by atoms with Gasteiger partial charge in [0.1, 0.15) is 18.1 Å². The second-order valence-electron chi connectivity index (χ2n) is 6.50. The highest BCUT2D eigenvalue weighted by molar-refractivity contribution is 6.24. The van der Waals surface area contributed by atoms with Crippen molar-refractivity contribution in [1.29, 1.82) is 0 Å². The third-order valence-corrected chi connectivity index (χ3v) is 4.69. The van der Waals surface area contributed by atoms with E-state index in [1.165, 1.54) is 0 Å². The second-order valence-corrected chi connectivity index (χ2v) is 6.50. The molecule has 3 rings (SSSR count). The quantitative estimate of drug-likeness (QED) is 0.259. The molecule has 0 fully saturated rings. The van der Waals surface area contributed by atoms with Crippen molar-refractivity contribution in [3.63, 3.8) is 0 Å². The molecular weight excluding hydrogens is 356 g/mol.